The first kappa shape index (κ1) is 13.8. The molecule has 1 nitrogen and oxygen atoms in total. The fraction of sp³-hybridized carbons (Fsp3) is 0.750. The molecule has 0 aromatic heterocycles. The van der Waals surface area contributed by atoms with E-state index in [1.54, 1.807) is 0 Å². The number of hydrogen-bond donors (Lipinski definition) is 0. The molecule has 0 aromatic rings. The number of allylic oxidation sites excluding steroid dienone is 2. The molecule has 0 aliphatic carbocycles. The summed E-state index contributed by atoms with van der Waals surface area (Å²) in [6.07, 6.45) is 5.50. The minimum atomic E-state index is 0.405. The summed E-state index contributed by atoms with van der Waals surface area (Å²) in [6.45, 7) is 10.7. The number of nitrogens with zero attached hydrogens (tertiary/aromatic N) is 1. The van der Waals surface area contributed by atoms with Gasteiger partial charge in [-0.1, -0.05) is 19.9 Å². The fourth-order valence-electron chi connectivity index (χ4n) is 1.23. The average Bonchev–Trinajstić information content (AvgIpc) is 2.02. The summed E-state index contributed by atoms with van der Waals surface area (Å²) < 4.78 is 0. The van der Waals surface area contributed by atoms with Crippen molar-refractivity contribution in [1.29, 1.82) is 0 Å². The fourth-order valence-corrected chi connectivity index (χ4v) is 2.05. The molecular weight excluding hydrogens is 190 g/mol. The number of thioether (sulfide) groups is 1. The van der Waals surface area contributed by atoms with E-state index in [9.17, 15) is 0 Å². The van der Waals surface area contributed by atoms with Crippen molar-refractivity contribution in [1.82, 2.24) is 0 Å². The zero-order chi connectivity index (χ0) is 11.0. The normalized spacial score (nSPS) is 15.4. The van der Waals surface area contributed by atoms with Crippen LogP contribution in [0.15, 0.2) is 17.1 Å². The smallest absolute Gasteiger partial charge is 0.0446 e. The maximum atomic E-state index is 4.44. The molecule has 0 saturated carbocycles. The van der Waals surface area contributed by atoms with Gasteiger partial charge in [0.2, 0.25) is 0 Å². The minimum Gasteiger partial charge on any atom is -0.287 e. The highest BCUT2D eigenvalue weighted by molar-refractivity contribution is 7.99. The van der Waals surface area contributed by atoms with Crippen LogP contribution >= 0.6 is 11.8 Å². The molecule has 2 heteroatoms. The van der Waals surface area contributed by atoms with Gasteiger partial charge in [-0.05, 0) is 39.0 Å². The summed E-state index contributed by atoms with van der Waals surface area (Å²) >= 11 is 2.01. The number of hydrogen-bond acceptors (Lipinski definition) is 2. The van der Waals surface area contributed by atoms with E-state index in [-0.39, 0.29) is 0 Å². The van der Waals surface area contributed by atoms with Gasteiger partial charge in [0, 0.05) is 17.0 Å². The Balaban J connectivity index is 3.82. The molecule has 0 heterocycles. The summed E-state index contributed by atoms with van der Waals surface area (Å²) in [5, 5.41) is 0.725. The Labute approximate surface area is 93.1 Å². The second-order valence-corrected chi connectivity index (χ2v) is 5.48. The Morgan fingerprint density at radius 2 is 2.00 bits per heavy atom. The molecule has 82 valence electrons. The maximum Gasteiger partial charge on any atom is 0.0446 e. The predicted octanol–water partition coefficient (Wildman–Crippen LogP) is 3.94. The highest BCUT2D eigenvalue weighted by atomic mass is 32.2. The largest absolute Gasteiger partial charge is 0.287 e. The third-order valence-electron chi connectivity index (χ3n) is 1.74. The Hall–Kier alpha value is -0.240. The van der Waals surface area contributed by atoms with Crippen LogP contribution in [0.1, 0.15) is 41.0 Å². The van der Waals surface area contributed by atoms with Crippen LogP contribution in [0.2, 0.25) is 0 Å². The second-order valence-electron chi connectivity index (χ2n) is 3.77. The molecule has 0 N–H and O–H groups in total. The van der Waals surface area contributed by atoms with Gasteiger partial charge in [0.1, 0.15) is 0 Å². The van der Waals surface area contributed by atoms with E-state index in [4.69, 9.17) is 0 Å². The lowest BCUT2D eigenvalue weighted by atomic mass is 10.2. The SMILES string of the molecule is CCSC(C)C/C=C/C(C)=NC(C)C. The van der Waals surface area contributed by atoms with Gasteiger partial charge < -0.3 is 0 Å². The summed E-state index contributed by atoms with van der Waals surface area (Å²) in [7, 11) is 0. The number of aliphatic imine (C=N–C) groups is 1. The molecule has 14 heavy (non-hydrogen) atoms. The highest BCUT2D eigenvalue weighted by Crippen LogP contribution is 2.13. The van der Waals surface area contributed by atoms with Crippen molar-refractivity contribution in [3.05, 3.63) is 12.2 Å². The van der Waals surface area contributed by atoms with Crippen LogP contribution in [0.25, 0.3) is 0 Å². The number of rotatable bonds is 6. The van der Waals surface area contributed by atoms with Crippen molar-refractivity contribution in [2.24, 2.45) is 4.99 Å². The molecule has 0 saturated heterocycles. The van der Waals surface area contributed by atoms with Gasteiger partial charge in [-0.3, -0.25) is 4.99 Å². The quantitative estimate of drug-likeness (QED) is 0.609. The van der Waals surface area contributed by atoms with Gasteiger partial charge >= 0.3 is 0 Å². The Morgan fingerprint density at radius 1 is 1.36 bits per heavy atom. The van der Waals surface area contributed by atoms with Crippen LogP contribution in [0.4, 0.5) is 0 Å². The van der Waals surface area contributed by atoms with Crippen molar-refractivity contribution >= 4 is 17.5 Å². The van der Waals surface area contributed by atoms with Gasteiger partial charge in [0.25, 0.3) is 0 Å². The average molecular weight is 213 g/mol. The first-order valence-corrected chi connectivity index (χ1v) is 6.43. The molecule has 0 bridgehead atoms. The van der Waals surface area contributed by atoms with Crippen LogP contribution in [0, 0.1) is 0 Å². The Kier molecular flexibility index (Phi) is 7.96. The third-order valence-corrected chi connectivity index (χ3v) is 2.83. The molecule has 0 radical (unpaired) electrons. The van der Waals surface area contributed by atoms with Gasteiger partial charge in [0.05, 0.1) is 0 Å². The molecule has 1 unspecified atom stereocenters. The van der Waals surface area contributed by atoms with Crippen LogP contribution in [-0.4, -0.2) is 22.8 Å². The van der Waals surface area contributed by atoms with Crippen molar-refractivity contribution in [2.45, 2.75) is 52.3 Å². The molecule has 0 aliphatic rings. The zero-order valence-electron chi connectivity index (χ0n) is 10.1. The maximum absolute atomic E-state index is 4.44. The van der Waals surface area contributed by atoms with Crippen molar-refractivity contribution < 1.29 is 0 Å². The molecule has 1 atom stereocenters. The molecule has 0 rings (SSSR count). The molecule has 0 amide bonds. The van der Waals surface area contributed by atoms with Gasteiger partial charge in [0.15, 0.2) is 0 Å². The Morgan fingerprint density at radius 3 is 2.50 bits per heavy atom. The van der Waals surface area contributed by atoms with E-state index in [0.717, 1.165) is 17.4 Å². The summed E-state index contributed by atoms with van der Waals surface area (Å²) in [6, 6.07) is 0.405. The van der Waals surface area contributed by atoms with Crippen LogP contribution in [0.3, 0.4) is 0 Å². The minimum absolute atomic E-state index is 0.405. The molecule has 0 fully saturated rings. The van der Waals surface area contributed by atoms with E-state index in [0.29, 0.717) is 6.04 Å². The third kappa shape index (κ3) is 8.36. The molecule has 0 spiro atoms. The first-order chi connectivity index (χ1) is 6.56. The van der Waals surface area contributed by atoms with Crippen LogP contribution in [0.5, 0.6) is 0 Å². The molecule has 0 aliphatic heterocycles. The van der Waals surface area contributed by atoms with Crippen LogP contribution < -0.4 is 0 Å². The summed E-state index contributed by atoms with van der Waals surface area (Å²) in [5.74, 6) is 1.20. The molecule has 0 aromatic carbocycles. The highest BCUT2D eigenvalue weighted by Gasteiger charge is 1.96. The van der Waals surface area contributed by atoms with Crippen molar-refractivity contribution in [2.75, 3.05) is 5.75 Å². The van der Waals surface area contributed by atoms with Gasteiger partial charge in [-0.25, -0.2) is 0 Å². The standard InChI is InChI=1S/C12H23NS/c1-6-14-12(5)9-7-8-11(4)13-10(2)3/h7-8,10,12H,6,9H2,1-5H3/b8-7+,13-11?. The summed E-state index contributed by atoms with van der Waals surface area (Å²) in [4.78, 5) is 4.44. The van der Waals surface area contributed by atoms with E-state index in [1.807, 2.05) is 11.8 Å². The van der Waals surface area contributed by atoms with E-state index < -0.39 is 0 Å². The second kappa shape index (κ2) is 8.10. The monoisotopic (exact) mass is 213 g/mol. The van der Waals surface area contributed by atoms with Gasteiger partial charge in [-0.15, -0.1) is 0 Å². The molecular formula is C12H23NS. The zero-order valence-corrected chi connectivity index (χ0v) is 10.9. The lowest BCUT2D eigenvalue weighted by molar-refractivity contribution is 0.836. The van der Waals surface area contributed by atoms with E-state index in [1.165, 1.54) is 5.75 Å². The van der Waals surface area contributed by atoms with E-state index >= 15 is 0 Å². The summed E-state index contributed by atoms with van der Waals surface area (Å²) in [5.41, 5.74) is 1.13. The van der Waals surface area contributed by atoms with Crippen molar-refractivity contribution in [3.8, 4) is 0 Å². The predicted molar refractivity (Wildman–Crippen MR) is 69.6 cm³/mol. The van der Waals surface area contributed by atoms with E-state index in [2.05, 4.69) is 51.8 Å². The Bertz CT molecular complexity index is 194. The van der Waals surface area contributed by atoms with Crippen LogP contribution in [-0.2, 0) is 0 Å². The van der Waals surface area contributed by atoms with Crippen molar-refractivity contribution in [3.63, 3.8) is 0 Å². The first-order valence-electron chi connectivity index (χ1n) is 5.38. The topological polar surface area (TPSA) is 12.4 Å². The van der Waals surface area contributed by atoms with Gasteiger partial charge in [-0.2, -0.15) is 11.8 Å². The lowest BCUT2D eigenvalue weighted by Gasteiger charge is -2.05. The lowest BCUT2D eigenvalue weighted by Crippen LogP contribution is -1.96.